The van der Waals surface area contributed by atoms with Crippen molar-refractivity contribution < 1.29 is 19.8 Å². The van der Waals surface area contributed by atoms with Crippen LogP contribution in [0.5, 0.6) is 11.5 Å². The van der Waals surface area contributed by atoms with Gasteiger partial charge in [0, 0.05) is 16.7 Å². The van der Waals surface area contributed by atoms with Gasteiger partial charge in [0.2, 0.25) is 0 Å². The molecule has 3 rings (SSSR count). The lowest BCUT2D eigenvalue weighted by atomic mass is 10.1. The lowest BCUT2D eigenvalue weighted by molar-refractivity contribution is -0.122. The van der Waals surface area contributed by atoms with Crippen molar-refractivity contribution in [2.45, 2.75) is 0 Å². The van der Waals surface area contributed by atoms with Crippen LogP contribution in [0.2, 0.25) is 5.02 Å². The number of aromatic hydroxyl groups is 2. The first-order valence-corrected chi connectivity index (χ1v) is 7.84. The molecule has 2 aromatic rings. The number of halogens is 1. The summed E-state index contributed by atoms with van der Waals surface area (Å²) in [5, 5.41) is 22.0. The van der Waals surface area contributed by atoms with Crippen LogP contribution in [0.25, 0.3) is 6.08 Å². The Morgan fingerprint density at radius 2 is 1.88 bits per heavy atom. The fourth-order valence-corrected chi connectivity index (χ4v) is 2.78. The molecule has 8 heteroatoms. The molecule has 2 amide bonds. The molecule has 2 aromatic carbocycles. The van der Waals surface area contributed by atoms with Crippen molar-refractivity contribution in [2.75, 3.05) is 4.90 Å². The van der Waals surface area contributed by atoms with E-state index < -0.39 is 11.8 Å². The molecule has 1 heterocycles. The van der Waals surface area contributed by atoms with E-state index in [0.717, 1.165) is 11.0 Å². The van der Waals surface area contributed by atoms with Crippen molar-refractivity contribution in [3.05, 3.63) is 58.6 Å². The lowest BCUT2D eigenvalue weighted by Crippen LogP contribution is -2.54. The predicted octanol–water partition coefficient (Wildman–Crippen LogP) is 2.58. The number of nitrogens with zero attached hydrogens (tertiary/aromatic N) is 1. The summed E-state index contributed by atoms with van der Waals surface area (Å²) in [6.07, 6.45) is 1.23. The van der Waals surface area contributed by atoms with E-state index in [1.165, 1.54) is 18.2 Å². The Hall–Kier alpha value is -2.90. The van der Waals surface area contributed by atoms with Gasteiger partial charge in [0.1, 0.15) is 17.1 Å². The lowest BCUT2D eigenvalue weighted by Gasteiger charge is -2.29. The van der Waals surface area contributed by atoms with Crippen LogP contribution in [0, 0.1) is 0 Å². The molecular weight excluding hydrogens is 364 g/mol. The van der Waals surface area contributed by atoms with Gasteiger partial charge in [-0.05, 0) is 48.6 Å². The Morgan fingerprint density at radius 1 is 1.12 bits per heavy atom. The second-order valence-corrected chi connectivity index (χ2v) is 6.00. The highest BCUT2D eigenvalue weighted by Crippen LogP contribution is 2.28. The molecule has 0 bridgehead atoms. The third-order valence-electron chi connectivity index (χ3n) is 3.48. The number of hydrogen-bond donors (Lipinski definition) is 3. The SMILES string of the molecule is O=C1NC(=S)N(c2cccc(Cl)c2)C(=O)/C1=C/c1ccc(O)cc1O. The monoisotopic (exact) mass is 374 g/mol. The quantitative estimate of drug-likeness (QED) is 0.427. The van der Waals surface area contributed by atoms with Crippen molar-refractivity contribution in [2.24, 2.45) is 0 Å². The smallest absolute Gasteiger partial charge is 0.270 e. The minimum absolute atomic E-state index is 0.0654. The highest BCUT2D eigenvalue weighted by molar-refractivity contribution is 7.80. The van der Waals surface area contributed by atoms with Crippen LogP contribution in [0.3, 0.4) is 0 Å². The van der Waals surface area contributed by atoms with Gasteiger partial charge in [-0.25, -0.2) is 0 Å². The third-order valence-corrected chi connectivity index (χ3v) is 4.00. The number of rotatable bonds is 2. The van der Waals surface area contributed by atoms with E-state index in [-0.39, 0.29) is 27.7 Å². The maximum Gasteiger partial charge on any atom is 0.270 e. The van der Waals surface area contributed by atoms with Crippen molar-refractivity contribution in [1.82, 2.24) is 5.32 Å². The summed E-state index contributed by atoms with van der Waals surface area (Å²) in [6, 6.07) is 10.3. The molecule has 0 atom stereocenters. The van der Waals surface area contributed by atoms with E-state index >= 15 is 0 Å². The molecule has 0 aliphatic carbocycles. The molecule has 0 radical (unpaired) electrons. The van der Waals surface area contributed by atoms with Gasteiger partial charge < -0.3 is 10.2 Å². The van der Waals surface area contributed by atoms with Crippen LogP contribution in [0.4, 0.5) is 5.69 Å². The number of nitrogens with one attached hydrogen (secondary N) is 1. The minimum atomic E-state index is -0.680. The van der Waals surface area contributed by atoms with E-state index in [4.69, 9.17) is 23.8 Å². The standard InChI is InChI=1S/C17H11ClN2O4S/c18-10-2-1-3-11(7-10)20-16(24)13(15(23)19-17(20)25)6-9-4-5-12(21)8-14(9)22/h1-8,21-22H,(H,19,23,25)/b13-6+. The number of carbonyl (C=O) groups excluding carboxylic acids is 2. The molecule has 0 saturated carbocycles. The fraction of sp³-hybridized carbons (Fsp3) is 0. The second-order valence-electron chi connectivity index (χ2n) is 5.18. The Bertz CT molecular complexity index is 942. The first-order valence-electron chi connectivity index (χ1n) is 7.06. The van der Waals surface area contributed by atoms with Gasteiger partial charge in [0.15, 0.2) is 5.11 Å². The molecule has 3 N–H and O–H groups in total. The Balaban J connectivity index is 2.05. The summed E-state index contributed by atoms with van der Waals surface area (Å²) in [4.78, 5) is 26.1. The van der Waals surface area contributed by atoms with Crippen molar-refractivity contribution in [3.63, 3.8) is 0 Å². The molecule has 1 aliphatic rings. The van der Waals surface area contributed by atoms with Crippen molar-refractivity contribution in [3.8, 4) is 11.5 Å². The predicted molar refractivity (Wildman–Crippen MR) is 97.4 cm³/mol. The molecule has 0 spiro atoms. The van der Waals surface area contributed by atoms with Gasteiger partial charge >= 0.3 is 0 Å². The molecule has 1 saturated heterocycles. The van der Waals surface area contributed by atoms with Gasteiger partial charge in [0.25, 0.3) is 11.8 Å². The molecule has 6 nitrogen and oxygen atoms in total. The minimum Gasteiger partial charge on any atom is -0.508 e. The fourth-order valence-electron chi connectivity index (χ4n) is 2.32. The molecule has 126 valence electrons. The maximum absolute atomic E-state index is 12.8. The van der Waals surface area contributed by atoms with Gasteiger partial charge in [-0.2, -0.15) is 0 Å². The number of benzene rings is 2. The molecule has 0 aromatic heterocycles. The Morgan fingerprint density at radius 3 is 2.56 bits per heavy atom. The summed E-state index contributed by atoms with van der Waals surface area (Å²) >= 11 is 11.0. The topological polar surface area (TPSA) is 89.9 Å². The maximum atomic E-state index is 12.8. The van der Waals surface area contributed by atoms with E-state index in [2.05, 4.69) is 5.32 Å². The number of phenols is 2. The summed E-state index contributed by atoms with van der Waals surface area (Å²) in [7, 11) is 0. The molecule has 25 heavy (non-hydrogen) atoms. The zero-order valence-electron chi connectivity index (χ0n) is 12.6. The van der Waals surface area contributed by atoms with Gasteiger partial charge in [-0.15, -0.1) is 0 Å². The summed E-state index contributed by atoms with van der Waals surface area (Å²) in [5.41, 5.74) is 0.396. The van der Waals surface area contributed by atoms with Crippen LogP contribution >= 0.6 is 23.8 Å². The van der Waals surface area contributed by atoms with Gasteiger partial charge in [-0.3, -0.25) is 19.8 Å². The number of thiocarbonyl (C=S) groups is 1. The van der Waals surface area contributed by atoms with Crippen LogP contribution in [0.1, 0.15) is 5.56 Å². The molecule has 1 fully saturated rings. The van der Waals surface area contributed by atoms with E-state index in [1.807, 2.05) is 0 Å². The summed E-state index contributed by atoms with van der Waals surface area (Å²) in [6.45, 7) is 0. The molecule has 1 aliphatic heterocycles. The first kappa shape index (κ1) is 16.9. The van der Waals surface area contributed by atoms with Gasteiger partial charge in [-0.1, -0.05) is 17.7 Å². The largest absolute Gasteiger partial charge is 0.508 e. The summed E-state index contributed by atoms with van der Waals surface area (Å²) < 4.78 is 0. The highest BCUT2D eigenvalue weighted by Gasteiger charge is 2.34. The number of phenolic OH excluding ortho intramolecular Hbond substituents is 2. The molecular formula is C17H11ClN2O4S. The van der Waals surface area contributed by atoms with Crippen molar-refractivity contribution >= 4 is 52.5 Å². The third kappa shape index (κ3) is 3.33. The van der Waals surface area contributed by atoms with E-state index in [0.29, 0.717) is 10.7 Å². The number of carbonyl (C=O) groups is 2. The average molecular weight is 375 g/mol. The normalized spacial score (nSPS) is 16.3. The van der Waals surface area contributed by atoms with Crippen molar-refractivity contribution in [1.29, 1.82) is 0 Å². The number of amides is 2. The second kappa shape index (κ2) is 6.54. The van der Waals surface area contributed by atoms with Crippen LogP contribution in [-0.2, 0) is 9.59 Å². The van der Waals surface area contributed by atoms with Gasteiger partial charge in [0.05, 0.1) is 5.69 Å². The highest BCUT2D eigenvalue weighted by atomic mass is 35.5. The summed E-state index contributed by atoms with van der Waals surface area (Å²) in [5.74, 6) is -1.74. The Kier molecular flexibility index (Phi) is 4.43. The van der Waals surface area contributed by atoms with E-state index in [1.54, 1.807) is 24.3 Å². The zero-order chi connectivity index (χ0) is 18.1. The first-order chi connectivity index (χ1) is 11.9. The number of hydrogen-bond acceptors (Lipinski definition) is 5. The van der Waals surface area contributed by atoms with Crippen LogP contribution < -0.4 is 10.2 Å². The zero-order valence-corrected chi connectivity index (χ0v) is 14.1. The van der Waals surface area contributed by atoms with E-state index in [9.17, 15) is 19.8 Å². The number of anilines is 1. The van der Waals surface area contributed by atoms with Crippen LogP contribution in [-0.4, -0.2) is 27.1 Å². The average Bonchev–Trinajstić information content (AvgIpc) is 2.53. The van der Waals surface area contributed by atoms with Crippen LogP contribution in [0.15, 0.2) is 48.0 Å². The Labute approximate surface area is 153 Å². The molecule has 0 unspecified atom stereocenters.